The Kier molecular flexibility index (Phi) is 11.3. The third-order valence-electron chi connectivity index (χ3n) is 7.57. The summed E-state index contributed by atoms with van der Waals surface area (Å²) in [5.74, 6) is -2.79. The number of carbonyl (C=O) groups is 4. The summed E-state index contributed by atoms with van der Waals surface area (Å²) in [4.78, 5) is 51.7. The summed E-state index contributed by atoms with van der Waals surface area (Å²) in [5.41, 5.74) is 4.36. The molecule has 0 aliphatic heterocycles. The molecule has 3 aromatic carbocycles. The summed E-state index contributed by atoms with van der Waals surface area (Å²) in [6.07, 6.45) is 0.699. The third kappa shape index (κ3) is 9.04. The molecule has 242 valence electrons. The highest BCUT2D eigenvalue weighted by molar-refractivity contribution is 5.93. The van der Waals surface area contributed by atoms with Crippen molar-refractivity contribution in [3.63, 3.8) is 0 Å². The van der Waals surface area contributed by atoms with Crippen LogP contribution in [0.5, 0.6) is 0 Å². The minimum absolute atomic E-state index is 0.0209. The number of aliphatic carboxylic acids is 1. The number of nitrogens with one attached hydrogen (secondary N) is 3. The maximum atomic E-state index is 13.5. The van der Waals surface area contributed by atoms with Gasteiger partial charge < -0.3 is 30.5 Å². The first kappa shape index (κ1) is 33.9. The zero-order valence-corrected chi connectivity index (χ0v) is 26.3. The van der Waals surface area contributed by atoms with Gasteiger partial charge in [0.15, 0.2) is 0 Å². The van der Waals surface area contributed by atoms with Crippen molar-refractivity contribution in [1.82, 2.24) is 16.0 Å². The average Bonchev–Trinajstić information content (AvgIpc) is 3.35. The van der Waals surface area contributed by atoms with Crippen molar-refractivity contribution in [3.8, 4) is 11.1 Å². The van der Waals surface area contributed by atoms with Gasteiger partial charge in [-0.1, -0.05) is 84.9 Å². The second kappa shape index (κ2) is 15.4. The van der Waals surface area contributed by atoms with Gasteiger partial charge in [-0.3, -0.25) is 9.59 Å². The Balaban J connectivity index is 1.43. The van der Waals surface area contributed by atoms with Crippen LogP contribution in [0.3, 0.4) is 0 Å². The highest BCUT2D eigenvalue weighted by Gasteiger charge is 2.32. The van der Waals surface area contributed by atoms with Gasteiger partial charge in [0, 0.05) is 12.3 Å². The topological polar surface area (TPSA) is 143 Å². The lowest BCUT2D eigenvalue weighted by atomic mass is 9.98. The fourth-order valence-corrected chi connectivity index (χ4v) is 5.29. The highest BCUT2D eigenvalue weighted by Crippen LogP contribution is 2.44. The standard InChI is InChI=1S/C36H41N3O7/c1-5-13-29(32(40)38-30(34(42)43)20-23-14-7-6-8-15-23)37-33(41)31(22-46-36(2,3)4)39-35(44)45-21-28-26-18-11-9-16-24(26)25-17-10-12-19-27(25)28/h5-12,14-19,28-31H,1,13,20-22H2,2-4H3,(H,37,41)(H,38,40)(H,39,44)(H,42,43)/t29-,30-,31+/m1/s1. The largest absolute Gasteiger partial charge is 0.480 e. The lowest BCUT2D eigenvalue weighted by Gasteiger charge is -2.27. The number of ether oxygens (including phenoxy) is 2. The molecule has 4 N–H and O–H groups in total. The molecule has 4 rings (SSSR count). The maximum Gasteiger partial charge on any atom is 0.407 e. The third-order valence-corrected chi connectivity index (χ3v) is 7.57. The number of amides is 3. The molecule has 0 fully saturated rings. The Morgan fingerprint density at radius 1 is 0.804 bits per heavy atom. The van der Waals surface area contributed by atoms with E-state index in [4.69, 9.17) is 9.47 Å². The van der Waals surface area contributed by atoms with E-state index in [0.29, 0.717) is 0 Å². The van der Waals surface area contributed by atoms with E-state index in [1.165, 1.54) is 6.08 Å². The molecule has 0 spiro atoms. The van der Waals surface area contributed by atoms with Crippen LogP contribution in [-0.4, -0.2) is 65.9 Å². The van der Waals surface area contributed by atoms with Crippen LogP contribution in [0.4, 0.5) is 4.79 Å². The van der Waals surface area contributed by atoms with Crippen LogP contribution < -0.4 is 16.0 Å². The lowest BCUT2D eigenvalue weighted by Crippen LogP contribution is -2.57. The van der Waals surface area contributed by atoms with E-state index in [0.717, 1.165) is 27.8 Å². The number of alkyl carbamates (subject to hydrolysis) is 1. The van der Waals surface area contributed by atoms with Crippen molar-refractivity contribution in [2.24, 2.45) is 0 Å². The predicted molar refractivity (Wildman–Crippen MR) is 174 cm³/mol. The highest BCUT2D eigenvalue weighted by atomic mass is 16.5. The first-order valence-corrected chi connectivity index (χ1v) is 15.2. The zero-order chi connectivity index (χ0) is 33.3. The minimum Gasteiger partial charge on any atom is -0.480 e. The molecule has 3 aromatic rings. The van der Waals surface area contributed by atoms with Gasteiger partial charge in [0.05, 0.1) is 12.2 Å². The fraction of sp³-hybridized carbons (Fsp3) is 0.333. The van der Waals surface area contributed by atoms with Gasteiger partial charge in [-0.2, -0.15) is 0 Å². The minimum atomic E-state index is -1.22. The van der Waals surface area contributed by atoms with Crippen molar-refractivity contribution in [1.29, 1.82) is 0 Å². The summed E-state index contributed by atoms with van der Waals surface area (Å²) in [7, 11) is 0. The Bertz CT molecular complexity index is 1500. The van der Waals surface area contributed by atoms with Gasteiger partial charge in [-0.15, -0.1) is 6.58 Å². The second-order valence-corrected chi connectivity index (χ2v) is 12.1. The van der Waals surface area contributed by atoms with Gasteiger partial charge in [-0.05, 0) is 55.0 Å². The molecule has 0 heterocycles. The van der Waals surface area contributed by atoms with E-state index in [2.05, 4.69) is 22.5 Å². The predicted octanol–water partition coefficient (Wildman–Crippen LogP) is 4.58. The van der Waals surface area contributed by atoms with Crippen molar-refractivity contribution in [2.45, 2.75) is 63.3 Å². The molecule has 0 unspecified atom stereocenters. The molecule has 3 atom stereocenters. The van der Waals surface area contributed by atoms with Gasteiger partial charge in [0.1, 0.15) is 24.7 Å². The van der Waals surface area contributed by atoms with Crippen molar-refractivity contribution in [3.05, 3.63) is 108 Å². The lowest BCUT2D eigenvalue weighted by molar-refractivity contribution is -0.142. The molecule has 10 nitrogen and oxygen atoms in total. The number of rotatable bonds is 14. The maximum absolute atomic E-state index is 13.5. The Morgan fingerprint density at radius 2 is 1.35 bits per heavy atom. The quantitative estimate of drug-likeness (QED) is 0.192. The summed E-state index contributed by atoms with van der Waals surface area (Å²) in [5, 5.41) is 17.5. The summed E-state index contributed by atoms with van der Waals surface area (Å²) in [6, 6.07) is 21.2. The molecular formula is C36H41N3O7. The molecule has 0 aromatic heterocycles. The first-order chi connectivity index (χ1) is 22.0. The van der Waals surface area contributed by atoms with Crippen LogP contribution in [0.2, 0.25) is 0 Å². The Hall–Kier alpha value is -4.96. The number of carbonyl (C=O) groups excluding carboxylic acids is 3. The van der Waals surface area contributed by atoms with Crippen LogP contribution in [-0.2, 0) is 30.3 Å². The van der Waals surface area contributed by atoms with Crippen LogP contribution in [0.15, 0.2) is 91.5 Å². The van der Waals surface area contributed by atoms with Crippen molar-refractivity contribution < 1.29 is 33.8 Å². The van der Waals surface area contributed by atoms with E-state index in [1.54, 1.807) is 24.3 Å². The first-order valence-electron chi connectivity index (χ1n) is 15.2. The molecule has 0 radical (unpaired) electrons. The monoisotopic (exact) mass is 627 g/mol. The number of hydrogen-bond acceptors (Lipinski definition) is 6. The van der Waals surface area contributed by atoms with E-state index in [1.807, 2.05) is 75.4 Å². The molecule has 1 aliphatic carbocycles. The smallest absolute Gasteiger partial charge is 0.407 e. The SMILES string of the molecule is C=CC[C@@H](NC(=O)[C@H](COC(C)(C)C)NC(=O)OCC1c2ccccc2-c2ccccc21)C(=O)N[C@H](Cc1ccccc1)C(=O)O. The number of carboxylic acid groups (broad SMARTS) is 1. The Labute approximate surface area is 269 Å². The van der Waals surface area contributed by atoms with Crippen LogP contribution in [0, 0.1) is 0 Å². The summed E-state index contributed by atoms with van der Waals surface area (Å²) < 4.78 is 11.5. The van der Waals surface area contributed by atoms with E-state index in [-0.39, 0.29) is 32.0 Å². The molecular weight excluding hydrogens is 586 g/mol. The molecule has 0 saturated heterocycles. The van der Waals surface area contributed by atoms with Gasteiger partial charge in [0.2, 0.25) is 11.8 Å². The number of hydrogen-bond donors (Lipinski definition) is 4. The zero-order valence-electron chi connectivity index (χ0n) is 26.3. The van der Waals surface area contributed by atoms with Gasteiger partial charge in [0.25, 0.3) is 0 Å². The Morgan fingerprint density at radius 3 is 1.91 bits per heavy atom. The van der Waals surface area contributed by atoms with E-state index < -0.39 is 47.6 Å². The molecule has 1 aliphatic rings. The number of carboxylic acids is 1. The normalized spacial score (nSPS) is 14.2. The van der Waals surface area contributed by atoms with Crippen molar-refractivity contribution >= 4 is 23.9 Å². The van der Waals surface area contributed by atoms with E-state index in [9.17, 15) is 24.3 Å². The van der Waals surface area contributed by atoms with Crippen LogP contribution >= 0.6 is 0 Å². The number of benzene rings is 3. The molecule has 3 amide bonds. The van der Waals surface area contributed by atoms with Crippen LogP contribution in [0.25, 0.3) is 11.1 Å². The molecule has 0 saturated carbocycles. The summed E-state index contributed by atoms with van der Waals surface area (Å²) in [6.45, 7) is 8.94. The fourth-order valence-electron chi connectivity index (χ4n) is 5.29. The van der Waals surface area contributed by atoms with Gasteiger partial charge >= 0.3 is 12.1 Å². The number of fused-ring (bicyclic) bond motifs is 3. The average molecular weight is 628 g/mol. The van der Waals surface area contributed by atoms with Crippen molar-refractivity contribution in [2.75, 3.05) is 13.2 Å². The van der Waals surface area contributed by atoms with Gasteiger partial charge in [-0.25, -0.2) is 9.59 Å². The molecule has 10 heteroatoms. The van der Waals surface area contributed by atoms with Crippen LogP contribution in [0.1, 0.15) is 49.8 Å². The summed E-state index contributed by atoms with van der Waals surface area (Å²) >= 11 is 0. The van der Waals surface area contributed by atoms with E-state index >= 15 is 0 Å². The molecule has 46 heavy (non-hydrogen) atoms. The molecule has 0 bridgehead atoms. The second-order valence-electron chi connectivity index (χ2n) is 12.1.